The number of piperidine rings is 1. The van der Waals surface area contributed by atoms with Gasteiger partial charge in [0, 0.05) is 23.2 Å². The van der Waals surface area contributed by atoms with Gasteiger partial charge in [-0.25, -0.2) is 0 Å². The molecule has 1 aliphatic heterocycles. The third kappa shape index (κ3) is 2.23. The molecule has 0 N–H and O–H groups in total. The molecular weight excluding hydrogens is 254 g/mol. The first-order valence-electron chi connectivity index (χ1n) is 5.31. The van der Waals surface area contributed by atoms with Gasteiger partial charge >= 0.3 is 0 Å². The number of benzene rings is 1. The Morgan fingerprint density at radius 1 is 1.20 bits per heavy atom. The van der Waals surface area contributed by atoms with E-state index in [2.05, 4.69) is 20.8 Å². The SMILES string of the molecule is O=Cc1c(Br)cccc1N1CCCCC1. The predicted octanol–water partition coefficient (Wildman–Crippen LogP) is 3.25. The molecule has 1 aromatic rings. The lowest BCUT2D eigenvalue weighted by Crippen LogP contribution is -2.30. The molecule has 0 spiro atoms. The molecule has 1 fully saturated rings. The maximum Gasteiger partial charge on any atom is 0.153 e. The normalized spacial score (nSPS) is 16.5. The summed E-state index contributed by atoms with van der Waals surface area (Å²) in [6.07, 6.45) is 4.70. The number of hydrogen-bond acceptors (Lipinski definition) is 2. The molecule has 1 heterocycles. The monoisotopic (exact) mass is 267 g/mol. The Balaban J connectivity index is 2.33. The second-order valence-corrected chi connectivity index (χ2v) is 4.69. The van der Waals surface area contributed by atoms with Gasteiger partial charge in [0.25, 0.3) is 0 Å². The average Bonchev–Trinajstić information content (AvgIpc) is 2.30. The van der Waals surface area contributed by atoms with Gasteiger partial charge in [-0.3, -0.25) is 4.79 Å². The van der Waals surface area contributed by atoms with Crippen molar-refractivity contribution in [1.29, 1.82) is 0 Å². The Morgan fingerprint density at radius 3 is 2.60 bits per heavy atom. The highest BCUT2D eigenvalue weighted by atomic mass is 79.9. The summed E-state index contributed by atoms with van der Waals surface area (Å²) in [6, 6.07) is 5.93. The van der Waals surface area contributed by atoms with Gasteiger partial charge in [-0.1, -0.05) is 6.07 Å². The van der Waals surface area contributed by atoms with E-state index in [1.165, 1.54) is 19.3 Å². The van der Waals surface area contributed by atoms with Gasteiger partial charge < -0.3 is 4.90 Å². The second-order valence-electron chi connectivity index (χ2n) is 3.84. The van der Waals surface area contributed by atoms with Gasteiger partial charge in [0.15, 0.2) is 6.29 Å². The minimum Gasteiger partial charge on any atom is -0.371 e. The van der Waals surface area contributed by atoms with E-state index in [1.54, 1.807) is 0 Å². The summed E-state index contributed by atoms with van der Waals surface area (Å²) in [5.74, 6) is 0. The maximum atomic E-state index is 11.0. The quantitative estimate of drug-likeness (QED) is 0.767. The Labute approximate surface area is 98.4 Å². The molecule has 1 saturated heterocycles. The third-order valence-corrected chi connectivity index (χ3v) is 3.54. The van der Waals surface area contributed by atoms with Crippen LogP contribution in [0.2, 0.25) is 0 Å². The van der Waals surface area contributed by atoms with Crippen LogP contribution < -0.4 is 4.90 Å². The summed E-state index contributed by atoms with van der Waals surface area (Å²) in [5.41, 5.74) is 1.85. The highest BCUT2D eigenvalue weighted by Gasteiger charge is 2.15. The Kier molecular flexibility index (Phi) is 3.41. The number of anilines is 1. The largest absolute Gasteiger partial charge is 0.371 e. The Hall–Kier alpha value is -0.830. The van der Waals surface area contributed by atoms with Crippen molar-refractivity contribution < 1.29 is 4.79 Å². The number of halogens is 1. The molecule has 0 saturated carbocycles. The fourth-order valence-corrected chi connectivity index (χ4v) is 2.50. The van der Waals surface area contributed by atoms with Gasteiger partial charge in [0.1, 0.15) is 0 Å². The van der Waals surface area contributed by atoms with E-state index in [9.17, 15) is 4.79 Å². The molecule has 2 rings (SSSR count). The van der Waals surface area contributed by atoms with Gasteiger partial charge in [0.05, 0.1) is 5.56 Å². The highest BCUT2D eigenvalue weighted by Crippen LogP contribution is 2.28. The lowest BCUT2D eigenvalue weighted by atomic mass is 10.1. The zero-order valence-corrected chi connectivity index (χ0v) is 10.2. The van der Waals surface area contributed by atoms with E-state index in [0.29, 0.717) is 0 Å². The molecule has 80 valence electrons. The van der Waals surface area contributed by atoms with Crippen LogP contribution in [0.3, 0.4) is 0 Å². The summed E-state index contributed by atoms with van der Waals surface area (Å²) in [6.45, 7) is 2.13. The first-order valence-corrected chi connectivity index (χ1v) is 6.11. The van der Waals surface area contributed by atoms with E-state index < -0.39 is 0 Å². The molecular formula is C12H14BrNO. The number of carbonyl (C=O) groups excluding carboxylic acids is 1. The van der Waals surface area contributed by atoms with Crippen molar-refractivity contribution in [3.63, 3.8) is 0 Å². The highest BCUT2D eigenvalue weighted by molar-refractivity contribution is 9.10. The number of aldehydes is 1. The van der Waals surface area contributed by atoms with Crippen LogP contribution in [0.25, 0.3) is 0 Å². The van der Waals surface area contributed by atoms with Crippen LogP contribution in [-0.4, -0.2) is 19.4 Å². The number of carbonyl (C=O) groups is 1. The average molecular weight is 268 g/mol. The van der Waals surface area contributed by atoms with Crippen molar-refractivity contribution in [2.24, 2.45) is 0 Å². The van der Waals surface area contributed by atoms with Gasteiger partial charge in [0.2, 0.25) is 0 Å². The topological polar surface area (TPSA) is 20.3 Å². The summed E-state index contributed by atoms with van der Waals surface area (Å²) in [7, 11) is 0. The Bertz CT molecular complexity index is 359. The first kappa shape index (κ1) is 10.7. The van der Waals surface area contributed by atoms with Crippen molar-refractivity contribution >= 4 is 27.9 Å². The molecule has 0 aromatic heterocycles. The molecule has 1 aliphatic rings. The van der Waals surface area contributed by atoms with Crippen LogP contribution in [-0.2, 0) is 0 Å². The van der Waals surface area contributed by atoms with Gasteiger partial charge in [-0.05, 0) is 47.3 Å². The summed E-state index contributed by atoms with van der Waals surface area (Å²) < 4.78 is 0.889. The minimum absolute atomic E-state index is 0.777. The van der Waals surface area contributed by atoms with Crippen LogP contribution in [0.15, 0.2) is 22.7 Å². The van der Waals surface area contributed by atoms with Crippen molar-refractivity contribution in [3.8, 4) is 0 Å². The van der Waals surface area contributed by atoms with E-state index in [-0.39, 0.29) is 0 Å². The zero-order valence-electron chi connectivity index (χ0n) is 8.58. The van der Waals surface area contributed by atoms with Crippen LogP contribution in [0.5, 0.6) is 0 Å². The summed E-state index contributed by atoms with van der Waals surface area (Å²) >= 11 is 3.42. The molecule has 15 heavy (non-hydrogen) atoms. The van der Waals surface area contributed by atoms with Crippen LogP contribution >= 0.6 is 15.9 Å². The third-order valence-electron chi connectivity index (χ3n) is 2.84. The standard InChI is InChI=1S/C12H14BrNO/c13-11-5-4-6-12(10(11)9-15)14-7-2-1-3-8-14/h4-6,9H,1-3,7-8H2. The van der Waals surface area contributed by atoms with Crippen molar-refractivity contribution in [3.05, 3.63) is 28.2 Å². The summed E-state index contributed by atoms with van der Waals surface area (Å²) in [4.78, 5) is 13.3. The zero-order chi connectivity index (χ0) is 10.7. The number of nitrogens with zero attached hydrogens (tertiary/aromatic N) is 1. The molecule has 0 aliphatic carbocycles. The molecule has 0 bridgehead atoms. The van der Waals surface area contributed by atoms with E-state index in [1.807, 2.05) is 18.2 Å². The van der Waals surface area contributed by atoms with Gasteiger partial charge in [-0.15, -0.1) is 0 Å². The second kappa shape index (κ2) is 4.79. The number of rotatable bonds is 2. The minimum atomic E-state index is 0.777. The maximum absolute atomic E-state index is 11.0. The number of hydrogen-bond donors (Lipinski definition) is 0. The summed E-state index contributed by atoms with van der Waals surface area (Å²) in [5, 5.41) is 0. The van der Waals surface area contributed by atoms with Crippen molar-refractivity contribution in [2.45, 2.75) is 19.3 Å². The molecule has 1 aromatic carbocycles. The van der Waals surface area contributed by atoms with Crippen molar-refractivity contribution in [2.75, 3.05) is 18.0 Å². The Morgan fingerprint density at radius 2 is 1.93 bits per heavy atom. The van der Waals surface area contributed by atoms with Crippen LogP contribution in [0.4, 0.5) is 5.69 Å². The lowest BCUT2D eigenvalue weighted by molar-refractivity contribution is 0.112. The fourth-order valence-electron chi connectivity index (χ4n) is 2.05. The van der Waals surface area contributed by atoms with E-state index >= 15 is 0 Å². The first-order chi connectivity index (χ1) is 7.33. The molecule has 0 radical (unpaired) electrons. The van der Waals surface area contributed by atoms with E-state index in [4.69, 9.17) is 0 Å². The molecule has 0 amide bonds. The molecule has 2 nitrogen and oxygen atoms in total. The molecule has 0 atom stereocenters. The van der Waals surface area contributed by atoms with Crippen molar-refractivity contribution in [1.82, 2.24) is 0 Å². The lowest BCUT2D eigenvalue weighted by Gasteiger charge is -2.30. The van der Waals surface area contributed by atoms with E-state index in [0.717, 1.165) is 35.1 Å². The molecule has 3 heteroatoms. The van der Waals surface area contributed by atoms with Crippen LogP contribution in [0, 0.1) is 0 Å². The van der Waals surface area contributed by atoms with Gasteiger partial charge in [-0.2, -0.15) is 0 Å². The fraction of sp³-hybridized carbons (Fsp3) is 0.417. The van der Waals surface area contributed by atoms with Crippen LogP contribution in [0.1, 0.15) is 29.6 Å². The predicted molar refractivity (Wildman–Crippen MR) is 65.6 cm³/mol. The smallest absolute Gasteiger partial charge is 0.153 e. The molecule has 0 unspecified atom stereocenters.